The number of benzene rings is 1. The lowest BCUT2D eigenvalue weighted by molar-refractivity contribution is -0.127. The standard InChI is InChI=1S/C15H20N2O2/c1-2-8-16-14(18)12-9-13(12)15(19)17-10-11-6-4-3-5-7-11/h3-7,12-13H,2,8-10H2,1H3,(H,16,18)(H,17,19). The number of carbonyl (C=O) groups is 2. The van der Waals surface area contributed by atoms with Crippen LogP contribution in [0.2, 0.25) is 0 Å². The minimum absolute atomic E-state index is 0.0134. The Kier molecular flexibility index (Phi) is 4.55. The molecule has 1 fully saturated rings. The normalized spacial score (nSPS) is 20.7. The number of rotatable bonds is 6. The quantitative estimate of drug-likeness (QED) is 0.813. The summed E-state index contributed by atoms with van der Waals surface area (Å²) in [6, 6.07) is 9.77. The molecular formula is C15H20N2O2. The minimum atomic E-state index is -0.138. The van der Waals surface area contributed by atoms with Crippen molar-refractivity contribution in [2.24, 2.45) is 11.8 Å². The van der Waals surface area contributed by atoms with Crippen LogP contribution in [0.1, 0.15) is 25.3 Å². The molecule has 0 heterocycles. The van der Waals surface area contributed by atoms with Crippen LogP contribution in [-0.2, 0) is 16.1 Å². The molecule has 2 atom stereocenters. The average Bonchev–Trinajstić information content (AvgIpc) is 3.24. The monoisotopic (exact) mass is 260 g/mol. The van der Waals surface area contributed by atoms with Gasteiger partial charge in [-0.3, -0.25) is 9.59 Å². The average molecular weight is 260 g/mol. The van der Waals surface area contributed by atoms with Crippen LogP contribution in [-0.4, -0.2) is 18.4 Å². The van der Waals surface area contributed by atoms with E-state index in [4.69, 9.17) is 0 Å². The Balaban J connectivity index is 1.72. The second-order valence-corrected chi connectivity index (χ2v) is 4.94. The molecule has 19 heavy (non-hydrogen) atoms. The summed E-state index contributed by atoms with van der Waals surface area (Å²) < 4.78 is 0. The summed E-state index contributed by atoms with van der Waals surface area (Å²) in [7, 11) is 0. The van der Waals surface area contributed by atoms with Gasteiger partial charge in [0.25, 0.3) is 0 Å². The first-order valence-corrected chi connectivity index (χ1v) is 6.81. The summed E-state index contributed by atoms with van der Waals surface area (Å²) in [5, 5.41) is 5.72. The van der Waals surface area contributed by atoms with Crippen molar-refractivity contribution in [3.05, 3.63) is 35.9 Å². The summed E-state index contributed by atoms with van der Waals surface area (Å²) in [6.07, 6.45) is 1.60. The van der Waals surface area contributed by atoms with Gasteiger partial charge in [0.1, 0.15) is 0 Å². The molecule has 2 N–H and O–H groups in total. The molecule has 0 spiro atoms. The van der Waals surface area contributed by atoms with Gasteiger partial charge in [-0.15, -0.1) is 0 Å². The Labute approximate surface area is 113 Å². The van der Waals surface area contributed by atoms with Gasteiger partial charge in [0.05, 0.1) is 11.8 Å². The number of carbonyl (C=O) groups excluding carboxylic acids is 2. The van der Waals surface area contributed by atoms with Gasteiger partial charge in [-0.05, 0) is 18.4 Å². The number of hydrogen-bond acceptors (Lipinski definition) is 2. The second kappa shape index (κ2) is 6.36. The maximum atomic E-state index is 11.9. The predicted molar refractivity (Wildman–Crippen MR) is 73.2 cm³/mol. The van der Waals surface area contributed by atoms with Gasteiger partial charge in [0, 0.05) is 13.1 Å². The maximum absolute atomic E-state index is 11.9. The second-order valence-electron chi connectivity index (χ2n) is 4.94. The van der Waals surface area contributed by atoms with Gasteiger partial charge in [0.15, 0.2) is 0 Å². The van der Waals surface area contributed by atoms with E-state index < -0.39 is 0 Å². The van der Waals surface area contributed by atoms with Crippen LogP contribution in [0.3, 0.4) is 0 Å². The van der Waals surface area contributed by atoms with E-state index in [1.54, 1.807) is 0 Å². The Morgan fingerprint density at radius 1 is 1.11 bits per heavy atom. The van der Waals surface area contributed by atoms with E-state index >= 15 is 0 Å². The van der Waals surface area contributed by atoms with Crippen LogP contribution in [0.4, 0.5) is 0 Å². The first-order chi connectivity index (χ1) is 9.22. The lowest BCUT2D eigenvalue weighted by Crippen LogP contribution is -2.30. The van der Waals surface area contributed by atoms with E-state index in [-0.39, 0.29) is 23.7 Å². The van der Waals surface area contributed by atoms with Crippen molar-refractivity contribution >= 4 is 11.8 Å². The first kappa shape index (κ1) is 13.6. The molecule has 1 aromatic rings. The molecular weight excluding hydrogens is 240 g/mol. The highest BCUT2D eigenvalue weighted by atomic mass is 16.2. The van der Waals surface area contributed by atoms with E-state index in [0.717, 1.165) is 12.0 Å². The Morgan fingerprint density at radius 3 is 2.37 bits per heavy atom. The van der Waals surface area contributed by atoms with E-state index in [1.807, 2.05) is 37.3 Å². The molecule has 1 aliphatic rings. The van der Waals surface area contributed by atoms with Crippen molar-refractivity contribution in [2.45, 2.75) is 26.3 Å². The molecule has 1 aliphatic carbocycles. The molecule has 0 aliphatic heterocycles. The summed E-state index contributed by atoms with van der Waals surface area (Å²) >= 11 is 0. The van der Waals surface area contributed by atoms with E-state index in [1.165, 1.54) is 0 Å². The predicted octanol–water partition coefficient (Wildman–Crippen LogP) is 1.47. The van der Waals surface area contributed by atoms with E-state index in [2.05, 4.69) is 10.6 Å². The summed E-state index contributed by atoms with van der Waals surface area (Å²) in [4.78, 5) is 23.5. The highest BCUT2D eigenvalue weighted by Gasteiger charge is 2.47. The van der Waals surface area contributed by atoms with Gasteiger partial charge in [-0.25, -0.2) is 0 Å². The van der Waals surface area contributed by atoms with Crippen LogP contribution in [0.25, 0.3) is 0 Å². The highest BCUT2D eigenvalue weighted by molar-refractivity contribution is 5.92. The fourth-order valence-corrected chi connectivity index (χ4v) is 2.07. The van der Waals surface area contributed by atoms with Gasteiger partial charge in [0.2, 0.25) is 11.8 Å². The van der Waals surface area contributed by atoms with Gasteiger partial charge < -0.3 is 10.6 Å². The van der Waals surface area contributed by atoms with Gasteiger partial charge in [-0.2, -0.15) is 0 Å². The molecule has 1 aromatic carbocycles. The van der Waals surface area contributed by atoms with Crippen molar-refractivity contribution in [3.8, 4) is 0 Å². The molecule has 4 heteroatoms. The Bertz CT molecular complexity index is 445. The number of amides is 2. The van der Waals surface area contributed by atoms with Gasteiger partial charge in [-0.1, -0.05) is 37.3 Å². The number of nitrogens with one attached hydrogen (secondary N) is 2. The fraction of sp³-hybridized carbons (Fsp3) is 0.467. The smallest absolute Gasteiger partial charge is 0.224 e. The molecule has 2 amide bonds. The molecule has 0 saturated heterocycles. The van der Waals surface area contributed by atoms with Crippen LogP contribution in [0.15, 0.2) is 30.3 Å². The summed E-state index contributed by atoms with van der Waals surface area (Å²) in [5.41, 5.74) is 1.07. The topological polar surface area (TPSA) is 58.2 Å². The van der Waals surface area contributed by atoms with Crippen molar-refractivity contribution in [1.82, 2.24) is 10.6 Å². The fourth-order valence-electron chi connectivity index (χ4n) is 2.07. The Hall–Kier alpha value is -1.84. The SMILES string of the molecule is CCCNC(=O)C1CC1C(=O)NCc1ccccc1. The third kappa shape index (κ3) is 3.81. The van der Waals surface area contributed by atoms with Crippen LogP contribution < -0.4 is 10.6 Å². The molecule has 102 valence electrons. The molecule has 0 radical (unpaired) electrons. The molecule has 2 rings (SSSR count). The minimum Gasteiger partial charge on any atom is -0.356 e. The molecule has 1 saturated carbocycles. The highest BCUT2D eigenvalue weighted by Crippen LogP contribution is 2.38. The third-order valence-electron chi connectivity index (χ3n) is 3.32. The van der Waals surface area contributed by atoms with Crippen molar-refractivity contribution in [3.63, 3.8) is 0 Å². The van der Waals surface area contributed by atoms with E-state index in [0.29, 0.717) is 19.5 Å². The summed E-state index contributed by atoms with van der Waals surface area (Å²) in [5.74, 6) is -0.259. The largest absolute Gasteiger partial charge is 0.356 e. The zero-order valence-electron chi connectivity index (χ0n) is 11.2. The summed E-state index contributed by atoms with van der Waals surface area (Å²) in [6.45, 7) is 3.23. The zero-order chi connectivity index (χ0) is 13.7. The van der Waals surface area contributed by atoms with Crippen LogP contribution in [0, 0.1) is 11.8 Å². The van der Waals surface area contributed by atoms with Crippen LogP contribution in [0.5, 0.6) is 0 Å². The Morgan fingerprint density at radius 2 is 1.74 bits per heavy atom. The van der Waals surface area contributed by atoms with Gasteiger partial charge >= 0.3 is 0 Å². The van der Waals surface area contributed by atoms with Crippen LogP contribution >= 0.6 is 0 Å². The lowest BCUT2D eigenvalue weighted by Gasteiger charge is -2.05. The van der Waals surface area contributed by atoms with Crippen molar-refractivity contribution in [2.75, 3.05) is 6.54 Å². The molecule has 4 nitrogen and oxygen atoms in total. The van der Waals surface area contributed by atoms with Crippen molar-refractivity contribution in [1.29, 1.82) is 0 Å². The molecule has 0 aromatic heterocycles. The molecule has 2 unspecified atom stereocenters. The van der Waals surface area contributed by atoms with Crippen molar-refractivity contribution < 1.29 is 9.59 Å². The third-order valence-corrected chi connectivity index (χ3v) is 3.32. The first-order valence-electron chi connectivity index (χ1n) is 6.81. The maximum Gasteiger partial charge on any atom is 0.224 e. The molecule has 0 bridgehead atoms. The van der Waals surface area contributed by atoms with E-state index in [9.17, 15) is 9.59 Å². The zero-order valence-corrected chi connectivity index (χ0v) is 11.2. The lowest BCUT2D eigenvalue weighted by atomic mass is 10.2. The number of hydrogen-bond donors (Lipinski definition) is 2.